The van der Waals surface area contributed by atoms with Crippen molar-refractivity contribution in [3.8, 4) is 32.8 Å². The number of nitrogens with zero attached hydrogens (tertiary/aromatic N) is 1. The number of hydrogen-bond donors (Lipinski definition) is 0. The van der Waals surface area contributed by atoms with E-state index in [2.05, 4.69) is 4.98 Å². The predicted octanol–water partition coefficient (Wildman–Crippen LogP) is 9.33. The number of halogens is 6. The number of hydrogen-bond acceptors (Lipinski definition) is 2. The van der Waals surface area contributed by atoms with Gasteiger partial charge in [0.05, 0.1) is 21.3 Å². The molecule has 0 amide bonds. The maximum absolute atomic E-state index is 13.2. The van der Waals surface area contributed by atoms with Crippen molar-refractivity contribution >= 4 is 21.6 Å². The van der Waals surface area contributed by atoms with Crippen molar-refractivity contribution in [3.05, 3.63) is 102 Å². The minimum absolute atomic E-state index is 0.130. The molecule has 0 bridgehead atoms. The van der Waals surface area contributed by atoms with Crippen molar-refractivity contribution in [1.29, 1.82) is 0 Å². The third-order valence-corrected chi connectivity index (χ3v) is 6.63. The molecule has 0 unspecified atom stereocenters. The van der Waals surface area contributed by atoms with E-state index in [1.165, 1.54) is 12.1 Å². The van der Waals surface area contributed by atoms with Crippen LogP contribution in [-0.4, -0.2) is 4.98 Å². The van der Waals surface area contributed by atoms with Crippen LogP contribution in [0, 0.1) is 0 Å². The zero-order valence-corrected chi connectivity index (χ0v) is 18.6. The highest BCUT2D eigenvalue weighted by atomic mass is 32.1. The lowest BCUT2D eigenvalue weighted by atomic mass is 9.96. The number of aromatic nitrogens is 1. The predicted molar refractivity (Wildman–Crippen MR) is 126 cm³/mol. The highest BCUT2D eigenvalue weighted by Gasteiger charge is 2.37. The molecule has 5 aromatic rings. The molecule has 0 saturated heterocycles. The summed E-state index contributed by atoms with van der Waals surface area (Å²) in [4.78, 5) is 4.66. The molecule has 176 valence electrons. The molecule has 35 heavy (non-hydrogen) atoms. The Kier molecular flexibility index (Phi) is 5.63. The summed E-state index contributed by atoms with van der Waals surface area (Å²) in [6.07, 6.45) is -9.78. The van der Waals surface area contributed by atoms with E-state index in [4.69, 9.17) is 0 Å². The van der Waals surface area contributed by atoms with Crippen LogP contribution in [0.3, 0.4) is 0 Å². The van der Waals surface area contributed by atoms with Gasteiger partial charge in [0, 0.05) is 5.56 Å². The molecule has 0 atom stereocenters. The summed E-state index contributed by atoms with van der Waals surface area (Å²) in [6.45, 7) is 0. The SMILES string of the molecule is FC(F)(F)c1cc(-c2ccc(-c3cccc(-c4nc5ccccc5s4)c3)cc2)cc(C(F)(F)F)c1. The van der Waals surface area contributed by atoms with Crippen LogP contribution in [0.4, 0.5) is 26.3 Å². The summed E-state index contributed by atoms with van der Waals surface area (Å²) in [5, 5.41) is 0.855. The van der Waals surface area contributed by atoms with Gasteiger partial charge in [0.2, 0.25) is 0 Å². The molecule has 8 heteroatoms. The van der Waals surface area contributed by atoms with E-state index in [0.29, 0.717) is 0 Å². The van der Waals surface area contributed by atoms with Crippen molar-refractivity contribution < 1.29 is 26.3 Å². The van der Waals surface area contributed by atoms with Gasteiger partial charge in [-0.25, -0.2) is 4.98 Å². The van der Waals surface area contributed by atoms with E-state index < -0.39 is 23.5 Å². The largest absolute Gasteiger partial charge is 0.416 e. The van der Waals surface area contributed by atoms with Crippen molar-refractivity contribution in [3.63, 3.8) is 0 Å². The van der Waals surface area contributed by atoms with E-state index in [1.807, 2.05) is 48.5 Å². The first-order chi connectivity index (χ1) is 16.6. The van der Waals surface area contributed by atoms with E-state index in [1.54, 1.807) is 23.5 Å². The molecule has 5 rings (SSSR count). The van der Waals surface area contributed by atoms with Crippen LogP contribution in [-0.2, 0) is 12.4 Å². The lowest BCUT2D eigenvalue weighted by molar-refractivity contribution is -0.143. The first kappa shape index (κ1) is 23.1. The van der Waals surface area contributed by atoms with E-state index in [0.717, 1.165) is 44.0 Å². The molecular formula is C27H15F6NS. The maximum Gasteiger partial charge on any atom is 0.416 e. The van der Waals surface area contributed by atoms with Crippen LogP contribution >= 0.6 is 11.3 Å². The molecule has 0 fully saturated rings. The lowest BCUT2D eigenvalue weighted by Gasteiger charge is -2.14. The zero-order valence-electron chi connectivity index (χ0n) is 17.8. The van der Waals surface area contributed by atoms with Crippen LogP contribution in [0.5, 0.6) is 0 Å². The van der Waals surface area contributed by atoms with Crippen molar-refractivity contribution in [2.45, 2.75) is 12.4 Å². The molecule has 0 radical (unpaired) electrons. The zero-order chi connectivity index (χ0) is 24.8. The van der Waals surface area contributed by atoms with Gasteiger partial charge in [-0.2, -0.15) is 26.3 Å². The van der Waals surface area contributed by atoms with Crippen LogP contribution in [0.1, 0.15) is 11.1 Å². The smallest absolute Gasteiger partial charge is 0.236 e. The minimum Gasteiger partial charge on any atom is -0.236 e. The summed E-state index contributed by atoms with van der Waals surface area (Å²) >= 11 is 1.57. The number of para-hydroxylation sites is 1. The highest BCUT2D eigenvalue weighted by molar-refractivity contribution is 7.21. The molecule has 1 aromatic heterocycles. The monoisotopic (exact) mass is 499 g/mol. The van der Waals surface area contributed by atoms with E-state index >= 15 is 0 Å². The van der Waals surface area contributed by atoms with Gasteiger partial charge in [-0.1, -0.05) is 54.6 Å². The average Bonchev–Trinajstić information content (AvgIpc) is 3.27. The minimum atomic E-state index is -4.89. The first-order valence-corrected chi connectivity index (χ1v) is 11.3. The topological polar surface area (TPSA) is 12.9 Å². The summed E-state index contributed by atoms with van der Waals surface area (Å²) in [6, 6.07) is 23.5. The first-order valence-electron chi connectivity index (χ1n) is 10.4. The molecule has 4 aromatic carbocycles. The Morgan fingerprint density at radius 2 is 1.09 bits per heavy atom. The highest BCUT2D eigenvalue weighted by Crippen LogP contribution is 2.39. The van der Waals surface area contributed by atoms with Crippen molar-refractivity contribution in [2.75, 3.05) is 0 Å². The fourth-order valence-electron chi connectivity index (χ4n) is 3.80. The van der Waals surface area contributed by atoms with Crippen molar-refractivity contribution in [1.82, 2.24) is 4.98 Å². The fraction of sp³-hybridized carbons (Fsp3) is 0.0741. The Morgan fingerprint density at radius 1 is 0.514 bits per heavy atom. The standard InChI is InChI=1S/C27H15F6NS/c28-26(29,30)21-13-20(14-22(15-21)27(31,32)33)17-10-8-16(9-11-17)18-4-3-5-19(12-18)25-34-23-6-1-2-7-24(23)35-25/h1-15H. The normalized spacial score (nSPS) is 12.3. The number of rotatable bonds is 3. The molecule has 0 saturated carbocycles. The molecule has 0 aliphatic carbocycles. The van der Waals surface area contributed by atoms with Gasteiger partial charge in [0.1, 0.15) is 5.01 Å². The Hall–Kier alpha value is -3.65. The summed E-state index contributed by atoms with van der Waals surface area (Å²) in [7, 11) is 0. The second-order valence-electron chi connectivity index (χ2n) is 7.94. The Balaban J connectivity index is 1.49. The Morgan fingerprint density at radius 3 is 1.69 bits per heavy atom. The molecule has 1 heterocycles. The Labute approximate surface area is 200 Å². The van der Waals surface area contributed by atoms with Gasteiger partial charge >= 0.3 is 12.4 Å². The van der Waals surface area contributed by atoms with Gasteiger partial charge in [0.15, 0.2) is 0 Å². The van der Waals surface area contributed by atoms with Gasteiger partial charge in [0.25, 0.3) is 0 Å². The average molecular weight is 499 g/mol. The summed E-state index contributed by atoms with van der Waals surface area (Å²) in [5.41, 5.74) is 0.884. The van der Waals surface area contributed by atoms with Gasteiger partial charge in [-0.05, 0) is 58.7 Å². The Bertz CT molecular complexity index is 1450. The molecular weight excluding hydrogens is 484 g/mol. The third-order valence-electron chi connectivity index (χ3n) is 5.54. The van der Waals surface area contributed by atoms with E-state index in [9.17, 15) is 26.3 Å². The molecule has 0 aliphatic heterocycles. The second kappa shape index (κ2) is 8.53. The van der Waals surface area contributed by atoms with Crippen LogP contribution in [0.15, 0.2) is 91.0 Å². The summed E-state index contributed by atoms with van der Waals surface area (Å²) < 4.78 is 80.3. The molecule has 1 nitrogen and oxygen atoms in total. The van der Waals surface area contributed by atoms with Crippen molar-refractivity contribution in [2.24, 2.45) is 0 Å². The molecule has 0 spiro atoms. The fourth-order valence-corrected chi connectivity index (χ4v) is 4.77. The third kappa shape index (κ3) is 4.79. The lowest BCUT2D eigenvalue weighted by Crippen LogP contribution is -2.11. The van der Waals surface area contributed by atoms with Crippen LogP contribution in [0.25, 0.3) is 43.0 Å². The van der Waals surface area contributed by atoms with E-state index in [-0.39, 0.29) is 17.2 Å². The maximum atomic E-state index is 13.2. The number of thiazole rings is 1. The van der Waals surface area contributed by atoms with Gasteiger partial charge < -0.3 is 0 Å². The van der Waals surface area contributed by atoms with Gasteiger partial charge in [-0.3, -0.25) is 0 Å². The molecule has 0 N–H and O–H groups in total. The van der Waals surface area contributed by atoms with Crippen LogP contribution < -0.4 is 0 Å². The number of fused-ring (bicyclic) bond motifs is 1. The number of alkyl halides is 6. The van der Waals surface area contributed by atoms with Gasteiger partial charge in [-0.15, -0.1) is 11.3 Å². The quantitative estimate of drug-likeness (QED) is 0.225. The second-order valence-corrected chi connectivity index (χ2v) is 8.97. The molecule has 0 aliphatic rings. The van der Waals surface area contributed by atoms with Crippen LogP contribution in [0.2, 0.25) is 0 Å². The number of benzene rings is 4. The summed E-state index contributed by atoms with van der Waals surface area (Å²) in [5.74, 6) is 0.